The lowest BCUT2D eigenvalue weighted by molar-refractivity contribution is 0.286. The smallest absolute Gasteiger partial charge is 0.0950 e. The monoisotopic (exact) mass is 280 g/mol. The van der Waals surface area contributed by atoms with Gasteiger partial charge < -0.3 is 15.1 Å². The zero-order valence-corrected chi connectivity index (χ0v) is 13.6. The SMILES string of the molecule is CCCNC(CC(CC)C(CCC)NC)c1ccoc1. The molecule has 0 aromatic carbocycles. The van der Waals surface area contributed by atoms with E-state index in [0.717, 1.165) is 13.0 Å². The molecule has 0 saturated carbocycles. The van der Waals surface area contributed by atoms with Crippen molar-refractivity contribution in [2.24, 2.45) is 5.92 Å². The molecule has 20 heavy (non-hydrogen) atoms. The quantitative estimate of drug-likeness (QED) is 0.640. The summed E-state index contributed by atoms with van der Waals surface area (Å²) in [7, 11) is 2.09. The molecule has 3 unspecified atom stereocenters. The molecule has 0 spiro atoms. The van der Waals surface area contributed by atoms with Gasteiger partial charge in [-0.2, -0.15) is 0 Å². The Morgan fingerprint density at radius 2 is 2.00 bits per heavy atom. The maximum absolute atomic E-state index is 5.27. The first-order valence-corrected chi connectivity index (χ1v) is 8.19. The Balaban J connectivity index is 2.70. The van der Waals surface area contributed by atoms with Gasteiger partial charge in [0.15, 0.2) is 0 Å². The first-order valence-electron chi connectivity index (χ1n) is 8.19. The fourth-order valence-corrected chi connectivity index (χ4v) is 2.97. The van der Waals surface area contributed by atoms with Crippen molar-refractivity contribution in [1.82, 2.24) is 10.6 Å². The minimum atomic E-state index is 0.409. The average molecular weight is 280 g/mol. The normalized spacial score (nSPS) is 16.0. The van der Waals surface area contributed by atoms with Gasteiger partial charge >= 0.3 is 0 Å². The second kappa shape index (κ2) is 10.0. The minimum absolute atomic E-state index is 0.409. The molecule has 0 aliphatic rings. The summed E-state index contributed by atoms with van der Waals surface area (Å²) < 4.78 is 5.27. The second-order valence-corrected chi connectivity index (χ2v) is 5.65. The molecule has 1 aromatic heterocycles. The van der Waals surface area contributed by atoms with Crippen molar-refractivity contribution in [2.75, 3.05) is 13.6 Å². The Morgan fingerprint density at radius 3 is 2.50 bits per heavy atom. The largest absolute Gasteiger partial charge is 0.472 e. The highest BCUT2D eigenvalue weighted by molar-refractivity contribution is 5.12. The van der Waals surface area contributed by atoms with Crippen molar-refractivity contribution in [3.63, 3.8) is 0 Å². The molecule has 1 rings (SSSR count). The van der Waals surface area contributed by atoms with Gasteiger partial charge in [-0.05, 0) is 44.8 Å². The van der Waals surface area contributed by atoms with Crippen molar-refractivity contribution < 1.29 is 4.42 Å². The van der Waals surface area contributed by atoms with Crippen LogP contribution in [0.2, 0.25) is 0 Å². The molecule has 0 fully saturated rings. The van der Waals surface area contributed by atoms with E-state index in [9.17, 15) is 0 Å². The van der Waals surface area contributed by atoms with Gasteiger partial charge in [0.25, 0.3) is 0 Å². The fraction of sp³-hybridized carbons (Fsp3) is 0.765. The molecule has 0 saturated heterocycles. The molecule has 0 aliphatic heterocycles. The third kappa shape index (κ3) is 5.29. The van der Waals surface area contributed by atoms with Gasteiger partial charge in [-0.3, -0.25) is 0 Å². The Bertz CT molecular complexity index is 324. The average Bonchev–Trinajstić information content (AvgIpc) is 3.00. The van der Waals surface area contributed by atoms with Gasteiger partial charge in [0.1, 0.15) is 0 Å². The second-order valence-electron chi connectivity index (χ2n) is 5.65. The van der Waals surface area contributed by atoms with Crippen molar-refractivity contribution in [3.8, 4) is 0 Å². The van der Waals surface area contributed by atoms with Crippen LogP contribution < -0.4 is 10.6 Å². The van der Waals surface area contributed by atoms with Crippen LogP contribution in [0.5, 0.6) is 0 Å². The zero-order valence-electron chi connectivity index (χ0n) is 13.6. The molecule has 0 aliphatic carbocycles. The minimum Gasteiger partial charge on any atom is -0.472 e. The highest BCUT2D eigenvalue weighted by Gasteiger charge is 2.23. The van der Waals surface area contributed by atoms with Crippen LogP contribution in [-0.2, 0) is 0 Å². The third-order valence-corrected chi connectivity index (χ3v) is 4.19. The molecule has 3 atom stereocenters. The van der Waals surface area contributed by atoms with Crippen LogP contribution in [-0.4, -0.2) is 19.6 Å². The third-order valence-electron chi connectivity index (χ3n) is 4.19. The van der Waals surface area contributed by atoms with E-state index in [1.165, 1.54) is 31.2 Å². The molecular weight excluding hydrogens is 248 g/mol. The van der Waals surface area contributed by atoms with Crippen LogP contribution >= 0.6 is 0 Å². The fourth-order valence-electron chi connectivity index (χ4n) is 2.97. The zero-order chi connectivity index (χ0) is 14.8. The molecular formula is C17H32N2O. The summed E-state index contributed by atoms with van der Waals surface area (Å²) in [5.74, 6) is 0.698. The maximum atomic E-state index is 5.27. The molecule has 2 N–H and O–H groups in total. The summed E-state index contributed by atoms with van der Waals surface area (Å²) in [5.41, 5.74) is 1.28. The maximum Gasteiger partial charge on any atom is 0.0950 e. The summed E-state index contributed by atoms with van der Waals surface area (Å²) in [5, 5.41) is 7.18. The first-order chi connectivity index (χ1) is 9.76. The van der Waals surface area contributed by atoms with Gasteiger partial charge in [-0.1, -0.05) is 33.6 Å². The van der Waals surface area contributed by atoms with Crippen LogP contribution in [0.3, 0.4) is 0 Å². The number of nitrogens with one attached hydrogen (secondary N) is 2. The summed E-state index contributed by atoms with van der Waals surface area (Å²) >= 11 is 0. The highest BCUT2D eigenvalue weighted by atomic mass is 16.3. The van der Waals surface area contributed by atoms with Gasteiger partial charge in [0.05, 0.1) is 12.5 Å². The first kappa shape index (κ1) is 17.3. The Kier molecular flexibility index (Phi) is 8.63. The lowest BCUT2D eigenvalue weighted by Gasteiger charge is -2.29. The van der Waals surface area contributed by atoms with Crippen molar-refractivity contribution in [3.05, 3.63) is 24.2 Å². The number of furan rings is 1. The molecule has 1 aromatic rings. The summed E-state index contributed by atoms with van der Waals surface area (Å²) in [4.78, 5) is 0. The number of hydrogen-bond donors (Lipinski definition) is 2. The molecule has 3 heteroatoms. The van der Waals surface area contributed by atoms with E-state index >= 15 is 0 Å². The molecule has 3 nitrogen and oxygen atoms in total. The summed E-state index contributed by atoms with van der Waals surface area (Å²) in [6, 6.07) is 3.11. The molecule has 1 heterocycles. The predicted octanol–water partition coefficient (Wildman–Crippen LogP) is 4.12. The summed E-state index contributed by atoms with van der Waals surface area (Å²) in [6.07, 6.45) is 9.69. The lowest BCUT2D eigenvalue weighted by atomic mass is 9.86. The van der Waals surface area contributed by atoms with E-state index in [0.29, 0.717) is 18.0 Å². The van der Waals surface area contributed by atoms with Crippen LogP contribution in [0.15, 0.2) is 23.0 Å². The van der Waals surface area contributed by atoms with Gasteiger partial charge in [-0.25, -0.2) is 0 Å². The predicted molar refractivity (Wildman–Crippen MR) is 85.9 cm³/mol. The van der Waals surface area contributed by atoms with Gasteiger partial charge in [0.2, 0.25) is 0 Å². The molecule has 0 radical (unpaired) electrons. The topological polar surface area (TPSA) is 37.2 Å². The number of hydrogen-bond acceptors (Lipinski definition) is 3. The van der Waals surface area contributed by atoms with Crippen molar-refractivity contribution in [2.45, 2.75) is 65.0 Å². The van der Waals surface area contributed by atoms with E-state index in [1.807, 2.05) is 6.26 Å². The van der Waals surface area contributed by atoms with E-state index in [-0.39, 0.29) is 0 Å². The van der Waals surface area contributed by atoms with E-state index in [2.05, 4.69) is 44.5 Å². The van der Waals surface area contributed by atoms with Gasteiger partial charge in [0, 0.05) is 17.6 Å². The lowest BCUT2D eigenvalue weighted by Crippen LogP contribution is -2.36. The summed E-state index contributed by atoms with van der Waals surface area (Å²) in [6.45, 7) is 7.84. The Morgan fingerprint density at radius 1 is 1.20 bits per heavy atom. The highest BCUT2D eigenvalue weighted by Crippen LogP contribution is 2.27. The standard InChI is InChI=1S/C17H32N2O/c1-5-8-16(18-4)14(7-3)12-17(19-10-6-2)15-9-11-20-13-15/h9,11,13-14,16-19H,5-8,10,12H2,1-4H3. The van der Waals surface area contributed by atoms with E-state index < -0.39 is 0 Å². The molecule has 0 bridgehead atoms. The van der Waals surface area contributed by atoms with Crippen LogP contribution in [0.4, 0.5) is 0 Å². The van der Waals surface area contributed by atoms with E-state index in [1.54, 1.807) is 6.26 Å². The molecule has 0 amide bonds. The van der Waals surface area contributed by atoms with Crippen LogP contribution in [0.1, 0.15) is 64.5 Å². The molecule has 116 valence electrons. The Labute approximate surface area is 124 Å². The van der Waals surface area contributed by atoms with Gasteiger partial charge in [-0.15, -0.1) is 0 Å². The van der Waals surface area contributed by atoms with E-state index in [4.69, 9.17) is 4.42 Å². The Hall–Kier alpha value is -0.800. The number of rotatable bonds is 11. The van der Waals surface area contributed by atoms with Crippen molar-refractivity contribution in [1.29, 1.82) is 0 Å². The van der Waals surface area contributed by atoms with Crippen LogP contribution in [0, 0.1) is 5.92 Å². The van der Waals surface area contributed by atoms with Crippen molar-refractivity contribution >= 4 is 0 Å². The van der Waals surface area contributed by atoms with Crippen LogP contribution in [0.25, 0.3) is 0 Å².